The summed E-state index contributed by atoms with van der Waals surface area (Å²) in [6.45, 7) is 0.733. The number of benzene rings is 1. The van der Waals surface area contributed by atoms with E-state index in [4.69, 9.17) is 11.6 Å². The summed E-state index contributed by atoms with van der Waals surface area (Å²) in [7, 11) is 0. The lowest BCUT2D eigenvalue weighted by Crippen LogP contribution is -2.30. The monoisotopic (exact) mass is 267 g/mol. The van der Waals surface area contributed by atoms with E-state index < -0.39 is 0 Å². The summed E-state index contributed by atoms with van der Waals surface area (Å²) < 4.78 is 0. The maximum Gasteiger partial charge on any atom is 0.251 e. The Kier molecular flexibility index (Phi) is 4.48. The Morgan fingerprint density at radius 3 is 2.72 bits per heavy atom. The van der Waals surface area contributed by atoms with Gasteiger partial charge in [-0.25, -0.2) is 0 Å². The molecule has 0 radical (unpaired) electrons. The van der Waals surface area contributed by atoms with Crippen LogP contribution in [0.2, 0.25) is 5.02 Å². The van der Waals surface area contributed by atoms with Crippen LogP contribution in [-0.4, -0.2) is 17.6 Å². The van der Waals surface area contributed by atoms with E-state index in [1.165, 1.54) is 44.2 Å². The van der Waals surface area contributed by atoms with Gasteiger partial charge in [-0.05, 0) is 37.0 Å². The molecule has 0 aliphatic heterocycles. The van der Waals surface area contributed by atoms with Crippen molar-refractivity contribution < 1.29 is 9.90 Å². The maximum atomic E-state index is 11.9. The molecule has 0 spiro atoms. The van der Waals surface area contributed by atoms with Gasteiger partial charge in [0.25, 0.3) is 5.91 Å². The molecule has 1 aliphatic carbocycles. The van der Waals surface area contributed by atoms with E-state index in [1.54, 1.807) is 6.07 Å². The molecule has 1 aromatic carbocycles. The zero-order chi connectivity index (χ0) is 13.0. The third kappa shape index (κ3) is 3.39. The first-order chi connectivity index (χ1) is 8.66. The highest BCUT2D eigenvalue weighted by molar-refractivity contribution is 6.32. The Morgan fingerprint density at radius 1 is 1.33 bits per heavy atom. The number of aromatic hydroxyl groups is 1. The second kappa shape index (κ2) is 6.10. The molecule has 0 unspecified atom stereocenters. The predicted octanol–water partition coefficient (Wildman–Crippen LogP) is 3.36. The van der Waals surface area contributed by atoms with E-state index in [1.807, 2.05) is 0 Å². The van der Waals surface area contributed by atoms with Gasteiger partial charge in [0.05, 0.1) is 5.02 Å². The van der Waals surface area contributed by atoms with Crippen LogP contribution in [-0.2, 0) is 0 Å². The topological polar surface area (TPSA) is 49.3 Å². The Balaban J connectivity index is 1.88. The lowest BCUT2D eigenvalue weighted by atomic mass is 9.89. The first kappa shape index (κ1) is 13.2. The van der Waals surface area contributed by atoms with Crippen LogP contribution in [0.25, 0.3) is 0 Å². The molecule has 1 fully saturated rings. The number of carbonyl (C=O) groups is 1. The van der Waals surface area contributed by atoms with E-state index >= 15 is 0 Å². The molecule has 0 heterocycles. The van der Waals surface area contributed by atoms with Crippen LogP contribution < -0.4 is 5.32 Å². The maximum absolute atomic E-state index is 11.9. The number of phenols is 1. The molecule has 1 aliphatic rings. The average Bonchev–Trinajstić information content (AvgIpc) is 2.40. The van der Waals surface area contributed by atoms with Crippen molar-refractivity contribution in [3.05, 3.63) is 28.8 Å². The molecule has 2 N–H and O–H groups in total. The summed E-state index contributed by atoms with van der Waals surface area (Å²) in [5.41, 5.74) is 0.494. The van der Waals surface area contributed by atoms with Gasteiger partial charge in [0.15, 0.2) is 0 Å². The smallest absolute Gasteiger partial charge is 0.251 e. The molecule has 1 amide bonds. The molecule has 4 heteroatoms. The fraction of sp³-hybridized carbons (Fsp3) is 0.500. The molecule has 0 bridgehead atoms. The number of rotatable bonds is 3. The lowest BCUT2D eigenvalue weighted by molar-refractivity contribution is 0.0943. The van der Waals surface area contributed by atoms with Crippen molar-refractivity contribution in [3.8, 4) is 5.75 Å². The van der Waals surface area contributed by atoms with Crippen molar-refractivity contribution in [1.82, 2.24) is 5.32 Å². The molecule has 2 rings (SSSR count). The summed E-state index contributed by atoms with van der Waals surface area (Å²) in [4.78, 5) is 11.9. The number of phenolic OH excluding ortho intramolecular Hbond substituents is 1. The largest absolute Gasteiger partial charge is 0.506 e. The Labute approximate surface area is 112 Å². The van der Waals surface area contributed by atoms with Gasteiger partial charge in [-0.15, -0.1) is 0 Å². The van der Waals surface area contributed by atoms with Gasteiger partial charge in [-0.3, -0.25) is 4.79 Å². The molecular weight excluding hydrogens is 250 g/mol. The van der Waals surface area contributed by atoms with Crippen molar-refractivity contribution in [2.45, 2.75) is 32.1 Å². The second-order valence-electron chi connectivity index (χ2n) is 4.88. The van der Waals surface area contributed by atoms with Crippen LogP contribution in [0, 0.1) is 5.92 Å². The average molecular weight is 268 g/mol. The molecule has 98 valence electrons. The number of hydrogen-bond donors (Lipinski definition) is 2. The second-order valence-corrected chi connectivity index (χ2v) is 5.29. The van der Waals surface area contributed by atoms with Crippen LogP contribution in [0.1, 0.15) is 42.5 Å². The quantitative estimate of drug-likeness (QED) is 0.882. The van der Waals surface area contributed by atoms with E-state index in [2.05, 4.69) is 5.32 Å². The van der Waals surface area contributed by atoms with Crippen molar-refractivity contribution in [2.24, 2.45) is 5.92 Å². The number of halogens is 1. The number of nitrogens with one attached hydrogen (secondary N) is 1. The summed E-state index contributed by atoms with van der Waals surface area (Å²) >= 11 is 5.78. The van der Waals surface area contributed by atoms with Crippen molar-refractivity contribution in [1.29, 1.82) is 0 Å². The van der Waals surface area contributed by atoms with Gasteiger partial charge < -0.3 is 10.4 Å². The third-order valence-corrected chi connectivity index (χ3v) is 3.79. The summed E-state index contributed by atoms with van der Waals surface area (Å²) in [5, 5.41) is 12.4. The highest BCUT2D eigenvalue weighted by Gasteiger charge is 2.15. The van der Waals surface area contributed by atoms with Gasteiger partial charge in [0.1, 0.15) is 5.75 Å². The molecule has 1 saturated carbocycles. The summed E-state index contributed by atoms with van der Waals surface area (Å²) in [6.07, 6.45) is 6.27. The molecule has 0 atom stereocenters. The fourth-order valence-electron chi connectivity index (χ4n) is 2.38. The summed E-state index contributed by atoms with van der Waals surface area (Å²) in [6, 6.07) is 4.52. The van der Waals surface area contributed by atoms with Crippen LogP contribution in [0.5, 0.6) is 5.75 Å². The van der Waals surface area contributed by atoms with Crippen molar-refractivity contribution in [2.75, 3.05) is 6.54 Å². The fourth-order valence-corrected chi connectivity index (χ4v) is 2.56. The van der Waals surface area contributed by atoms with E-state index in [0.717, 1.165) is 6.54 Å². The van der Waals surface area contributed by atoms with Crippen LogP contribution in [0.4, 0.5) is 0 Å². The molecule has 1 aromatic rings. The predicted molar refractivity (Wildman–Crippen MR) is 72.0 cm³/mol. The zero-order valence-corrected chi connectivity index (χ0v) is 11.0. The van der Waals surface area contributed by atoms with Gasteiger partial charge in [-0.1, -0.05) is 30.9 Å². The highest BCUT2D eigenvalue weighted by Crippen LogP contribution is 2.24. The molecular formula is C14H18ClNO2. The van der Waals surface area contributed by atoms with E-state index in [9.17, 15) is 9.90 Å². The molecule has 18 heavy (non-hydrogen) atoms. The van der Waals surface area contributed by atoms with Crippen molar-refractivity contribution in [3.63, 3.8) is 0 Å². The first-order valence-corrected chi connectivity index (χ1v) is 6.81. The SMILES string of the molecule is O=C(NCC1CCCCC1)c1ccc(O)c(Cl)c1. The number of hydrogen-bond acceptors (Lipinski definition) is 2. The zero-order valence-electron chi connectivity index (χ0n) is 10.3. The molecule has 0 aromatic heterocycles. The lowest BCUT2D eigenvalue weighted by Gasteiger charge is -2.21. The normalized spacial score (nSPS) is 16.5. The highest BCUT2D eigenvalue weighted by atomic mass is 35.5. The minimum absolute atomic E-state index is 0.000460. The van der Waals surface area contributed by atoms with E-state index in [0.29, 0.717) is 11.5 Å². The van der Waals surface area contributed by atoms with Gasteiger partial charge in [0, 0.05) is 12.1 Å². The minimum Gasteiger partial charge on any atom is -0.506 e. The van der Waals surface area contributed by atoms with Gasteiger partial charge >= 0.3 is 0 Å². The minimum atomic E-state index is -0.123. The number of amides is 1. The van der Waals surface area contributed by atoms with Gasteiger partial charge in [0.2, 0.25) is 0 Å². The summed E-state index contributed by atoms with van der Waals surface area (Å²) in [5.74, 6) is 0.484. The van der Waals surface area contributed by atoms with Gasteiger partial charge in [-0.2, -0.15) is 0 Å². The van der Waals surface area contributed by atoms with E-state index in [-0.39, 0.29) is 16.7 Å². The number of carbonyl (C=O) groups excluding carboxylic acids is 1. The molecule has 3 nitrogen and oxygen atoms in total. The van der Waals surface area contributed by atoms with Crippen LogP contribution in [0.15, 0.2) is 18.2 Å². The Hall–Kier alpha value is -1.22. The Morgan fingerprint density at radius 2 is 2.06 bits per heavy atom. The van der Waals surface area contributed by atoms with Crippen LogP contribution in [0.3, 0.4) is 0 Å². The standard InChI is InChI=1S/C14H18ClNO2/c15-12-8-11(6-7-13(12)17)14(18)16-9-10-4-2-1-3-5-10/h6-8,10,17H,1-5,9H2,(H,16,18). The van der Waals surface area contributed by atoms with Crippen LogP contribution >= 0.6 is 11.6 Å². The Bertz CT molecular complexity index is 428. The molecule has 0 saturated heterocycles. The third-order valence-electron chi connectivity index (χ3n) is 3.49. The first-order valence-electron chi connectivity index (χ1n) is 6.43. The van der Waals surface area contributed by atoms with Crippen molar-refractivity contribution >= 4 is 17.5 Å².